The molecule has 1 unspecified atom stereocenters. The van der Waals surface area contributed by atoms with E-state index in [2.05, 4.69) is 11.9 Å². The summed E-state index contributed by atoms with van der Waals surface area (Å²) in [5.74, 6) is -0.968. The molecular weight excluding hydrogens is 441 g/mol. The van der Waals surface area contributed by atoms with Crippen molar-refractivity contribution in [2.45, 2.75) is 45.2 Å². The van der Waals surface area contributed by atoms with Gasteiger partial charge in [-0.3, -0.25) is 14.4 Å². The van der Waals surface area contributed by atoms with Crippen molar-refractivity contribution in [3.8, 4) is 0 Å². The van der Waals surface area contributed by atoms with Crippen LogP contribution in [0.2, 0.25) is 0 Å². The summed E-state index contributed by atoms with van der Waals surface area (Å²) in [4.78, 5) is 43.1. The summed E-state index contributed by atoms with van der Waals surface area (Å²) < 4.78 is 20.4. The Bertz CT molecular complexity index is 1030. The minimum absolute atomic E-state index is 0.0528. The summed E-state index contributed by atoms with van der Waals surface area (Å²) in [5.41, 5.74) is 0.599. The Hall–Kier alpha value is -2.20. The van der Waals surface area contributed by atoms with Gasteiger partial charge < -0.3 is 14.2 Å². The van der Waals surface area contributed by atoms with Gasteiger partial charge in [0.15, 0.2) is 4.80 Å². The van der Waals surface area contributed by atoms with Gasteiger partial charge in [-0.1, -0.05) is 18.3 Å². The minimum Gasteiger partial charge on any atom is -0.468 e. The molecule has 1 saturated heterocycles. The van der Waals surface area contributed by atoms with Crippen LogP contribution in [0.4, 0.5) is 4.39 Å². The molecule has 2 aromatic rings. The maximum atomic E-state index is 13.6. The molecular formula is C21H26FN3O4S2. The highest BCUT2D eigenvalue weighted by atomic mass is 32.2. The Morgan fingerprint density at radius 2 is 2.10 bits per heavy atom. The number of piperidine rings is 1. The van der Waals surface area contributed by atoms with Crippen LogP contribution in [0.5, 0.6) is 0 Å². The molecule has 168 valence electrons. The first kappa shape index (κ1) is 23.5. The fraction of sp³-hybridized carbons (Fsp3) is 0.524. The highest BCUT2D eigenvalue weighted by molar-refractivity contribution is 8.00. The molecule has 3 rings (SSSR count). The molecule has 1 fully saturated rings. The molecule has 1 aliphatic rings. The smallest absolute Gasteiger partial charge is 0.325 e. The first-order valence-corrected chi connectivity index (χ1v) is 12.2. The SMILES string of the molecule is CCC1CCCCN1C(=O)CSCC(=O)N=c1sc2cc(F)ccc2n1CC(=O)OC. The van der Waals surface area contributed by atoms with E-state index < -0.39 is 17.7 Å². The lowest BCUT2D eigenvalue weighted by atomic mass is 10.0. The van der Waals surface area contributed by atoms with Crippen molar-refractivity contribution in [3.63, 3.8) is 0 Å². The monoisotopic (exact) mass is 467 g/mol. The van der Waals surface area contributed by atoms with Gasteiger partial charge in [0.1, 0.15) is 12.4 Å². The van der Waals surface area contributed by atoms with Crippen LogP contribution in [0.1, 0.15) is 32.6 Å². The van der Waals surface area contributed by atoms with Gasteiger partial charge in [-0.15, -0.1) is 11.8 Å². The molecule has 31 heavy (non-hydrogen) atoms. The van der Waals surface area contributed by atoms with Crippen LogP contribution in [0.25, 0.3) is 10.2 Å². The lowest BCUT2D eigenvalue weighted by Gasteiger charge is -2.35. The zero-order chi connectivity index (χ0) is 22.4. The van der Waals surface area contributed by atoms with Gasteiger partial charge in [0.25, 0.3) is 5.91 Å². The normalized spacial score (nSPS) is 17.2. The number of fused-ring (bicyclic) bond motifs is 1. The second kappa shape index (κ2) is 10.9. The van der Waals surface area contributed by atoms with Crippen molar-refractivity contribution in [2.24, 2.45) is 4.99 Å². The first-order chi connectivity index (χ1) is 14.9. The second-order valence-corrected chi connectivity index (χ2v) is 9.30. The van der Waals surface area contributed by atoms with E-state index in [0.29, 0.717) is 21.1 Å². The molecule has 1 aromatic carbocycles. The number of amides is 2. The standard InChI is InChI=1S/C21H26FN3O4S2/c1-3-15-6-4-5-9-24(15)19(27)13-30-12-18(26)23-21-25(11-20(28)29-2)16-8-7-14(22)10-17(16)31-21/h7-8,10,15H,3-6,9,11-13H2,1-2H3. The van der Waals surface area contributed by atoms with E-state index >= 15 is 0 Å². The van der Waals surface area contributed by atoms with Crippen LogP contribution < -0.4 is 4.80 Å². The number of rotatable bonds is 7. The fourth-order valence-corrected chi connectivity index (χ4v) is 5.43. The summed E-state index contributed by atoms with van der Waals surface area (Å²) in [6.07, 6.45) is 4.15. The van der Waals surface area contributed by atoms with Gasteiger partial charge >= 0.3 is 5.97 Å². The van der Waals surface area contributed by atoms with Crippen molar-refractivity contribution >= 4 is 51.1 Å². The zero-order valence-corrected chi connectivity index (χ0v) is 19.3. The molecule has 0 saturated carbocycles. The number of benzene rings is 1. The van der Waals surface area contributed by atoms with E-state index in [-0.39, 0.29) is 24.0 Å². The maximum absolute atomic E-state index is 13.6. The van der Waals surface area contributed by atoms with E-state index in [1.54, 1.807) is 10.6 Å². The fourth-order valence-electron chi connectivity index (χ4n) is 3.68. The molecule has 2 heterocycles. The van der Waals surface area contributed by atoms with Crippen LogP contribution >= 0.6 is 23.1 Å². The van der Waals surface area contributed by atoms with E-state index in [0.717, 1.165) is 43.6 Å². The van der Waals surface area contributed by atoms with E-state index in [1.165, 1.54) is 31.0 Å². The highest BCUT2D eigenvalue weighted by Crippen LogP contribution is 2.21. The van der Waals surface area contributed by atoms with Gasteiger partial charge in [0.2, 0.25) is 5.91 Å². The predicted octanol–water partition coefficient (Wildman–Crippen LogP) is 2.97. The topological polar surface area (TPSA) is 81.0 Å². The Morgan fingerprint density at radius 1 is 1.29 bits per heavy atom. The van der Waals surface area contributed by atoms with Crippen molar-refractivity contribution in [1.82, 2.24) is 9.47 Å². The number of ether oxygens (including phenoxy) is 1. The number of thioether (sulfide) groups is 1. The number of methoxy groups -OCH3 is 1. The quantitative estimate of drug-likeness (QED) is 0.585. The Morgan fingerprint density at radius 3 is 2.84 bits per heavy atom. The summed E-state index contributed by atoms with van der Waals surface area (Å²) in [5, 5.41) is 0. The molecule has 1 atom stereocenters. The lowest BCUT2D eigenvalue weighted by Crippen LogP contribution is -2.44. The van der Waals surface area contributed by atoms with E-state index in [1.807, 2.05) is 4.90 Å². The molecule has 2 amide bonds. The molecule has 10 heteroatoms. The van der Waals surface area contributed by atoms with E-state index in [9.17, 15) is 18.8 Å². The summed E-state index contributed by atoms with van der Waals surface area (Å²) >= 11 is 2.37. The molecule has 0 radical (unpaired) electrons. The van der Waals surface area contributed by atoms with Crippen LogP contribution in [-0.2, 0) is 25.7 Å². The minimum atomic E-state index is -0.495. The summed E-state index contributed by atoms with van der Waals surface area (Å²) in [6, 6.07) is 4.47. The largest absolute Gasteiger partial charge is 0.468 e. The van der Waals surface area contributed by atoms with Crippen molar-refractivity contribution in [3.05, 3.63) is 28.8 Å². The first-order valence-electron chi connectivity index (χ1n) is 10.2. The Labute approximate surface area is 188 Å². The number of nitrogens with zero attached hydrogens (tertiary/aromatic N) is 3. The Balaban J connectivity index is 1.69. The molecule has 1 aliphatic heterocycles. The average molecular weight is 468 g/mol. The lowest BCUT2D eigenvalue weighted by molar-refractivity contribution is -0.141. The van der Waals surface area contributed by atoms with Crippen LogP contribution in [0, 0.1) is 5.82 Å². The molecule has 0 bridgehead atoms. The van der Waals surface area contributed by atoms with Crippen LogP contribution in [0.3, 0.4) is 0 Å². The molecule has 7 nitrogen and oxygen atoms in total. The van der Waals surface area contributed by atoms with Crippen molar-refractivity contribution in [2.75, 3.05) is 25.2 Å². The number of hydrogen-bond acceptors (Lipinski definition) is 6. The zero-order valence-electron chi connectivity index (χ0n) is 17.6. The van der Waals surface area contributed by atoms with Gasteiger partial charge in [-0.05, 0) is 43.9 Å². The number of likely N-dealkylation sites (tertiary alicyclic amines) is 1. The third kappa shape index (κ3) is 5.94. The number of carbonyl (C=O) groups excluding carboxylic acids is 3. The molecule has 1 aromatic heterocycles. The van der Waals surface area contributed by atoms with E-state index in [4.69, 9.17) is 4.74 Å². The van der Waals surface area contributed by atoms with Gasteiger partial charge in [0.05, 0.1) is 28.8 Å². The van der Waals surface area contributed by atoms with Gasteiger partial charge in [0, 0.05) is 12.6 Å². The number of esters is 1. The highest BCUT2D eigenvalue weighted by Gasteiger charge is 2.25. The summed E-state index contributed by atoms with van der Waals surface area (Å²) in [6.45, 7) is 2.74. The predicted molar refractivity (Wildman–Crippen MR) is 119 cm³/mol. The van der Waals surface area contributed by atoms with Crippen molar-refractivity contribution in [1.29, 1.82) is 0 Å². The second-order valence-electron chi connectivity index (χ2n) is 7.30. The van der Waals surface area contributed by atoms with Crippen LogP contribution in [-0.4, -0.2) is 58.5 Å². The number of carbonyl (C=O) groups is 3. The van der Waals surface area contributed by atoms with Crippen molar-refractivity contribution < 1.29 is 23.5 Å². The average Bonchev–Trinajstić information content (AvgIpc) is 3.08. The number of hydrogen-bond donors (Lipinski definition) is 0. The number of halogens is 1. The number of thiazole rings is 1. The third-order valence-electron chi connectivity index (χ3n) is 5.25. The summed E-state index contributed by atoms with van der Waals surface area (Å²) in [7, 11) is 1.28. The maximum Gasteiger partial charge on any atom is 0.325 e. The third-order valence-corrected chi connectivity index (χ3v) is 7.19. The van der Waals surface area contributed by atoms with Gasteiger partial charge in [-0.2, -0.15) is 4.99 Å². The Kier molecular flexibility index (Phi) is 8.25. The molecule has 0 aliphatic carbocycles. The van der Waals surface area contributed by atoms with Gasteiger partial charge in [-0.25, -0.2) is 4.39 Å². The van der Waals surface area contributed by atoms with Crippen LogP contribution in [0.15, 0.2) is 23.2 Å². The molecule has 0 spiro atoms. The molecule has 0 N–H and O–H groups in total. The number of aromatic nitrogens is 1.